The first-order valence-corrected chi connectivity index (χ1v) is 6.05. The fourth-order valence-electron chi connectivity index (χ4n) is 1.62. The van der Waals surface area contributed by atoms with Gasteiger partial charge in [0.1, 0.15) is 5.84 Å². The highest BCUT2D eigenvalue weighted by Gasteiger charge is 2.06. The lowest BCUT2D eigenvalue weighted by Crippen LogP contribution is -2.11. The van der Waals surface area contributed by atoms with E-state index in [1.807, 2.05) is 30.3 Å². The first-order valence-electron chi connectivity index (χ1n) is 6.05. The van der Waals surface area contributed by atoms with Crippen LogP contribution in [0.25, 0.3) is 0 Å². The average Bonchev–Trinajstić information content (AvgIpc) is 2.46. The molecule has 0 aliphatic heterocycles. The molecule has 0 heterocycles. The van der Waals surface area contributed by atoms with Gasteiger partial charge >= 0.3 is 0 Å². The average molecular weight is 274 g/mol. The Bertz CT molecular complexity index is 588. The lowest BCUT2D eigenvalue weighted by molar-refractivity contribution is 0.00302. The SMILES string of the molecule is N=C(N)c1ccc(OCOCc2ccccc2)c(F)c1. The van der Waals surface area contributed by atoms with Crippen LogP contribution in [0.15, 0.2) is 48.5 Å². The molecule has 5 heteroatoms. The monoisotopic (exact) mass is 274 g/mol. The number of hydrogen-bond acceptors (Lipinski definition) is 3. The molecule has 4 nitrogen and oxygen atoms in total. The molecule has 0 aromatic heterocycles. The van der Waals surface area contributed by atoms with Crippen molar-refractivity contribution in [2.45, 2.75) is 6.61 Å². The maximum Gasteiger partial charge on any atom is 0.189 e. The van der Waals surface area contributed by atoms with E-state index in [0.717, 1.165) is 11.6 Å². The zero-order valence-electron chi connectivity index (χ0n) is 10.8. The molecule has 0 bridgehead atoms. The molecule has 0 aliphatic rings. The topological polar surface area (TPSA) is 68.3 Å². The van der Waals surface area contributed by atoms with E-state index in [2.05, 4.69) is 0 Å². The summed E-state index contributed by atoms with van der Waals surface area (Å²) in [5, 5.41) is 7.21. The Labute approximate surface area is 116 Å². The Balaban J connectivity index is 1.84. The van der Waals surface area contributed by atoms with Gasteiger partial charge in [-0.1, -0.05) is 30.3 Å². The summed E-state index contributed by atoms with van der Waals surface area (Å²) in [5.41, 5.74) is 6.61. The predicted octanol–water partition coefficient (Wildman–Crippen LogP) is 2.66. The summed E-state index contributed by atoms with van der Waals surface area (Å²) in [7, 11) is 0. The standard InChI is InChI=1S/C15H15FN2O2/c16-13-8-12(15(17)18)6-7-14(13)20-10-19-9-11-4-2-1-3-5-11/h1-8H,9-10H2,(H3,17,18). The molecule has 2 rings (SSSR count). The quantitative estimate of drug-likeness (QED) is 0.368. The largest absolute Gasteiger partial charge is 0.464 e. The number of nitrogen functional groups attached to an aromatic ring is 1. The van der Waals surface area contributed by atoms with Gasteiger partial charge in [-0.3, -0.25) is 5.41 Å². The number of nitrogens with one attached hydrogen (secondary N) is 1. The van der Waals surface area contributed by atoms with Crippen LogP contribution < -0.4 is 10.5 Å². The zero-order valence-corrected chi connectivity index (χ0v) is 10.8. The number of nitrogens with two attached hydrogens (primary N) is 1. The number of rotatable bonds is 6. The van der Waals surface area contributed by atoms with Crippen molar-refractivity contribution in [2.75, 3.05) is 6.79 Å². The minimum absolute atomic E-state index is 0.0504. The van der Waals surface area contributed by atoms with E-state index in [1.165, 1.54) is 12.1 Å². The van der Waals surface area contributed by atoms with Crippen molar-refractivity contribution in [3.63, 3.8) is 0 Å². The van der Waals surface area contributed by atoms with Crippen LogP contribution in [0, 0.1) is 11.2 Å². The van der Waals surface area contributed by atoms with E-state index >= 15 is 0 Å². The number of amidine groups is 1. The second-order valence-electron chi connectivity index (χ2n) is 4.16. The molecular weight excluding hydrogens is 259 g/mol. The summed E-state index contributed by atoms with van der Waals surface area (Å²) in [6.45, 7) is 0.346. The molecule has 0 atom stereocenters. The molecule has 104 valence electrons. The van der Waals surface area contributed by atoms with E-state index < -0.39 is 5.82 Å². The molecule has 0 saturated heterocycles. The van der Waals surface area contributed by atoms with Gasteiger partial charge in [0.2, 0.25) is 0 Å². The normalized spacial score (nSPS) is 10.2. The second-order valence-corrected chi connectivity index (χ2v) is 4.16. The second kappa shape index (κ2) is 6.68. The van der Waals surface area contributed by atoms with Crippen molar-refractivity contribution < 1.29 is 13.9 Å². The predicted molar refractivity (Wildman–Crippen MR) is 74.1 cm³/mol. The third-order valence-corrected chi connectivity index (χ3v) is 2.65. The molecule has 20 heavy (non-hydrogen) atoms. The van der Waals surface area contributed by atoms with Gasteiger partial charge in [-0.05, 0) is 23.8 Å². The smallest absolute Gasteiger partial charge is 0.189 e. The maximum atomic E-state index is 13.6. The Morgan fingerprint density at radius 2 is 1.90 bits per heavy atom. The van der Waals surface area contributed by atoms with Gasteiger partial charge in [-0.15, -0.1) is 0 Å². The molecule has 2 aromatic carbocycles. The van der Waals surface area contributed by atoms with Gasteiger partial charge in [0.05, 0.1) is 6.61 Å². The van der Waals surface area contributed by atoms with E-state index in [-0.39, 0.29) is 18.4 Å². The zero-order chi connectivity index (χ0) is 14.4. The fraction of sp³-hybridized carbons (Fsp3) is 0.133. The van der Waals surface area contributed by atoms with Gasteiger partial charge < -0.3 is 15.2 Å². The van der Waals surface area contributed by atoms with Crippen molar-refractivity contribution >= 4 is 5.84 Å². The maximum absolute atomic E-state index is 13.6. The summed E-state index contributed by atoms with van der Waals surface area (Å²) in [6.07, 6.45) is 0. The summed E-state index contributed by atoms with van der Waals surface area (Å²) in [6, 6.07) is 13.7. The van der Waals surface area contributed by atoms with Gasteiger partial charge in [-0.2, -0.15) is 0 Å². The summed E-state index contributed by atoms with van der Waals surface area (Å²) < 4.78 is 24.1. The Hall–Kier alpha value is -2.40. The molecule has 0 radical (unpaired) electrons. The molecule has 0 spiro atoms. The Morgan fingerprint density at radius 3 is 2.55 bits per heavy atom. The molecule has 0 unspecified atom stereocenters. The van der Waals surface area contributed by atoms with Crippen LogP contribution in [0.4, 0.5) is 4.39 Å². The van der Waals surface area contributed by atoms with Crippen LogP contribution in [-0.2, 0) is 11.3 Å². The van der Waals surface area contributed by atoms with Gasteiger partial charge in [-0.25, -0.2) is 4.39 Å². The number of halogens is 1. The first-order chi connectivity index (χ1) is 9.66. The fourth-order valence-corrected chi connectivity index (χ4v) is 1.62. The van der Waals surface area contributed by atoms with Crippen LogP contribution in [0.3, 0.4) is 0 Å². The summed E-state index contributed by atoms with van der Waals surface area (Å²) in [4.78, 5) is 0. The third-order valence-electron chi connectivity index (χ3n) is 2.65. The Kier molecular flexibility index (Phi) is 4.68. The Morgan fingerprint density at radius 1 is 1.15 bits per heavy atom. The number of ether oxygens (including phenoxy) is 2. The van der Waals surface area contributed by atoms with Crippen LogP contribution in [-0.4, -0.2) is 12.6 Å². The highest BCUT2D eigenvalue weighted by molar-refractivity contribution is 5.95. The van der Waals surface area contributed by atoms with E-state index in [4.69, 9.17) is 20.6 Å². The van der Waals surface area contributed by atoms with Crippen LogP contribution >= 0.6 is 0 Å². The third kappa shape index (κ3) is 3.80. The van der Waals surface area contributed by atoms with Crippen molar-refractivity contribution in [3.05, 3.63) is 65.5 Å². The van der Waals surface area contributed by atoms with Crippen molar-refractivity contribution in [1.29, 1.82) is 5.41 Å². The van der Waals surface area contributed by atoms with Crippen LogP contribution in [0.5, 0.6) is 5.75 Å². The lowest BCUT2D eigenvalue weighted by atomic mass is 10.2. The van der Waals surface area contributed by atoms with Crippen molar-refractivity contribution in [3.8, 4) is 5.75 Å². The van der Waals surface area contributed by atoms with Gasteiger partial charge in [0, 0.05) is 5.56 Å². The first kappa shape index (κ1) is 14.0. The minimum Gasteiger partial charge on any atom is -0.464 e. The number of benzene rings is 2. The van der Waals surface area contributed by atoms with Gasteiger partial charge in [0.25, 0.3) is 0 Å². The molecular formula is C15H15FN2O2. The van der Waals surface area contributed by atoms with Crippen molar-refractivity contribution in [1.82, 2.24) is 0 Å². The van der Waals surface area contributed by atoms with Crippen molar-refractivity contribution in [2.24, 2.45) is 5.73 Å². The van der Waals surface area contributed by atoms with Gasteiger partial charge in [0.15, 0.2) is 18.4 Å². The summed E-state index contributed by atoms with van der Waals surface area (Å²) >= 11 is 0. The number of hydrogen-bond donors (Lipinski definition) is 2. The molecule has 3 N–H and O–H groups in total. The lowest BCUT2D eigenvalue weighted by Gasteiger charge is -2.09. The van der Waals surface area contributed by atoms with Crippen LogP contribution in [0.2, 0.25) is 0 Å². The summed E-state index contributed by atoms with van der Waals surface area (Å²) in [5.74, 6) is -0.681. The van der Waals surface area contributed by atoms with Crippen LogP contribution in [0.1, 0.15) is 11.1 Å². The molecule has 0 amide bonds. The molecule has 0 fully saturated rings. The molecule has 0 aliphatic carbocycles. The minimum atomic E-state index is -0.569. The highest BCUT2D eigenvalue weighted by atomic mass is 19.1. The molecule has 0 saturated carbocycles. The molecule has 2 aromatic rings. The van der Waals surface area contributed by atoms with E-state index in [1.54, 1.807) is 0 Å². The van der Waals surface area contributed by atoms with E-state index in [9.17, 15) is 4.39 Å². The van der Waals surface area contributed by atoms with E-state index in [0.29, 0.717) is 12.2 Å². The highest BCUT2D eigenvalue weighted by Crippen LogP contribution is 2.18.